The number of nitrogens with zero attached hydrogens (tertiary/aromatic N) is 2. The van der Waals surface area contributed by atoms with Gasteiger partial charge in [0.05, 0.1) is 19.4 Å². The first-order valence-electron chi connectivity index (χ1n) is 5.07. The number of ether oxygens (including phenoxy) is 2. The number of hydrogen-bond acceptors (Lipinski definition) is 3. The van der Waals surface area contributed by atoms with Crippen molar-refractivity contribution in [1.82, 2.24) is 9.78 Å². The highest BCUT2D eigenvalue weighted by Crippen LogP contribution is 2.09. The van der Waals surface area contributed by atoms with Crippen molar-refractivity contribution in [1.29, 1.82) is 0 Å². The first kappa shape index (κ1) is 9.68. The Bertz CT molecular complexity index is 279. The van der Waals surface area contributed by atoms with Crippen LogP contribution >= 0.6 is 0 Å². The lowest BCUT2D eigenvalue weighted by Crippen LogP contribution is -2.26. The largest absolute Gasteiger partial charge is 0.353 e. The third-order valence-corrected chi connectivity index (χ3v) is 2.25. The smallest absolute Gasteiger partial charge is 0.159 e. The molecule has 0 N–H and O–H groups in total. The molecule has 1 aliphatic heterocycles. The van der Waals surface area contributed by atoms with Gasteiger partial charge in [-0.25, -0.2) is 0 Å². The van der Waals surface area contributed by atoms with Gasteiger partial charge in [0, 0.05) is 19.2 Å². The van der Waals surface area contributed by atoms with Crippen LogP contribution in [-0.4, -0.2) is 29.3 Å². The van der Waals surface area contributed by atoms with Gasteiger partial charge in [0.25, 0.3) is 0 Å². The zero-order chi connectivity index (χ0) is 9.80. The number of aromatic nitrogens is 2. The molecule has 0 spiro atoms. The Balaban J connectivity index is 1.76. The molecule has 1 saturated heterocycles. The summed E-state index contributed by atoms with van der Waals surface area (Å²) >= 11 is 0. The first-order chi connectivity index (χ1) is 6.84. The third kappa shape index (κ3) is 2.56. The molecule has 0 amide bonds. The molecule has 2 heterocycles. The number of rotatable bonds is 3. The van der Waals surface area contributed by atoms with E-state index in [-0.39, 0.29) is 6.29 Å². The predicted molar refractivity (Wildman–Crippen MR) is 51.9 cm³/mol. The van der Waals surface area contributed by atoms with Crippen LogP contribution in [0, 0.1) is 6.92 Å². The van der Waals surface area contributed by atoms with Crippen molar-refractivity contribution < 1.29 is 9.47 Å². The zero-order valence-electron chi connectivity index (χ0n) is 8.48. The van der Waals surface area contributed by atoms with Crippen molar-refractivity contribution in [2.45, 2.75) is 32.6 Å². The molecule has 0 bridgehead atoms. The lowest BCUT2D eigenvalue weighted by Gasteiger charge is -2.22. The monoisotopic (exact) mass is 196 g/mol. The summed E-state index contributed by atoms with van der Waals surface area (Å²) in [4.78, 5) is 0. The average molecular weight is 196 g/mol. The molecule has 4 nitrogen and oxygen atoms in total. The minimum atomic E-state index is -0.0340. The maximum Gasteiger partial charge on any atom is 0.159 e. The van der Waals surface area contributed by atoms with Gasteiger partial charge in [-0.05, 0) is 18.9 Å². The fraction of sp³-hybridized carbons (Fsp3) is 0.700. The summed E-state index contributed by atoms with van der Waals surface area (Å²) in [7, 11) is 0. The molecule has 0 atom stereocenters. The molecule has 0 aromatic carbocycles. The molecule has 1 fully saturated rings. The Morgan fingerprint density at radius 1 is 1.50 bits per heavy atom. The molecule has 0 radical (unpaired) electrons. The van der Waals surface area contributed by atoms with Crippen molar-refractivity contribution in [3.63, 3.8) is 0 Å². The molecule has 1 aromatic rings. The highest BCUT2D eigenvalue weighted by atomic mass is 16.7. The van der Waals surface area contributed by atoms with Gasteiger partial charge < -0.3 is 9.47 Å². The van der Waals surface area contributed by atoms with E-state index in [4.69, 9.17) is 9.47 Å². The summed E-state index contributed by atoms with van der Waals surface area (Å²) in [6, 6.07) is 0. The Kier molecular flexibility index (Phi) is 3.16. The van der Waals surface area contributed by atoms with Crippen molar-refractivity contribution in [3.05, 3.63) is 18.0 Å². The van der Waals surface area contributed by atoms with Crippen LogP contribution in [0.15, 0.2) is 12.4 Å². The van der Waals surface area contributed by atoms with Crippen LogP contribution in [0.2, 0.25) is 0 Å². The van der Waals surface area contributed by atoms with E-state index in [0.29, 0.717) is 0 Å². The predicted octanol–water partition coefficient (Wildman–Crippen LogP) is 1.34. The second-order valence-electron chi connectivity index (χ2n) is 3.59. The highest BCUT2D eigenvalue weighted by molar-refractivity contribution is 4.99. The fourth-order valence-corrected chi connectivity index (χ4v) is 1.53. The molecule has 0 unspecified atom stereocenters. The van der Waals surface area contributed by atoms with Crippen molar-refractivity contribution >= 4 is 0 Å². The van der Waals surface area contributed by atoms with Crippen LogP contribution in [-0.2, 0) is 16.0 Å². The van der Waals surface area contributed by atoms with Gasteiger partial charge in [-0.3, -0.25) is 4.68 Å². The van der Waals surface area contributed by atoms with Gasteiger partial charge in [-0.1, -0.05) is 0 Å². The van der Waals surface area contributed by atoms with Crippen LogP contribution < -0.4 is 0 Å². The number of hydrogen-bond donors (Lipinski definition) is 0. The van der Waals surface area contributed by atoms with E-state index < -0.39 is 0 Å². The Hall–Kier alpha value is -0.870. The standard InChI is InChI=1S/C10H16N2O2/c1-9-7-11-12(8-9)4-3-10-13-5-2-6-14-10/h7-8,10H,2-6H2,1H3. The summed E-state index contributed by atoms with van der Waals surface area (Å²) in [6.45, 7) is 4.54. The Morgan fingerprint density at radius 2 is 2.29 bits per heavy atom. The van der Waals surface area contributed by atoms with Crippen LogP contribution in [0.25, 0.3) is 0 Å². The molecule has 78 valence electrons. The van der Waals surface area contributed by atoms with Gasteiger partial charge in [0.1, 0.15) is 0 Å². The normalized spacial score (nSPS) is 18.6. The minimum Gasteiger partial charge on any atom is -0.353 e. The SMILES string of the molecule is Cc1cnn(CCC2OCCCO2)c1. The summed E-state index contributed by atoms with van der Waals surface area (Å²) in [5.41, 5.74) is 1.19. The summed E-state index contributed by atoms with van der Waals surface area (Å²) in [5, 5.41) is 4.21. The average Bonchev–Trinajstić information content (AvgIpc) is 2.63. The molecular weight excluding hydrogens is 180 g/mol. The fourth-order valence-electron chi connectivity index (χ4n) is 1.53. The lowest BCUT2D eigenvalue weighted by molar-refractivity contribution is -0.182. The van der Waals surface area contributed by atoms with Crippen LogP contribution in [0.4, 0.5) is 0 Å². The van der Waals surface area contributed by atoms with Crippen LogP contribution in [0.5, 0.6) is 0 Å². The minimum absolute atomic E-state index is 0.0340. The Morgan fingerprint density at radius 3 is 2.93 bits per heavy atom. The number of aryl methyl sites for hydroxylation is 2. The maximum absolute atomic E-state index is 5.44. The van der Waals surface area contributed by atoms with E-state index in [1.807, 2.05) is 24.0 Å². The first-order valence-corrected chi connectivity index (χ1v) is 5.07. The summed E-state index contributed by atoms with van der Waals surface area (Å²) < 4.78 is 12.8. The molecule has 1 aliphatic rings. The summed E-state index contributed by atoms with van der Waals surface area (Å²) in [5.74, 6) is 0. The van der Waals surface area contributed by atoms with Gasteiger partial charge in [0.15, 0.2) is 6.29 Å². The molecular formula is C10H16N2O2. The molecule has 14 heavy (non-hydrogen) atoms. The third-order valence-electron chi connectivity index (χ3n) is 2.25. The van der Waals surface area contributed by atoms with Crippen molar-refractivity contribution in [3.8, 4) is 0 Å². The van der Waals surface area contributed by atoms with E-state index in [2.05, 4.69) is 5.10 Å². The van der Waals surface area contributed by atoms with Crippen molar-refractivity contribution in [2.24, 2.45) is 0 Å². The van der Waals surface area contributed by atoms with Crippen molar-refractivity contribution in [2.75, 3.05) is 13.2 Å². The topological polar surface area (TPSA) is 36.3 Å². The van der Waals surface area contributed by atoms with E-state index in [1.54, 1.807) is 0 Å². The van der Waals surface area contributed by atoms with Gasteiger partial charge in [-0.15, -0.1) is 0 Å². The second kappa shape index (κ2) is 4.57. The maximum atomic E-state index is 5.44. The summed E-state index contributed by atoms with van der Waals surface area (Å²) in [6.07, 6.45) is 5.75. The van der Waals surface area contributed by atoms with Gasteiger partial charge in [0.2, 0.25) is 0 Å². The molecule has 2 rings (SSSR count). The quantitative estimate of drug-likeness (QED) is 0.732. The van der Waals surface area contributed by atoms with E-state index in [1.165, 1.54) is 5.56 Å². The Labute approximate surface area is 83.8 Å². The van der Waals surface area contributed by atoms with Crippen LogP contribution in [0.3, 0.4) is 0 Å². The van der Waals surface area contributed by atoms with E-state index in [0.717, 1.165) is 32.6 Å². The molecule has 4 heteroatoms. The van der Waals surface area contributed by atoms with Crippen LogP contribution in [0.1, 0.15) is 18.4 Å². The zero-order valence-corrected chi connectivity index (χ0v) is 8.48. The van der Waals surface area contributed by atoms with E-state index >= 15 is 0 Å². The molecule has 1 aromatic heterocycles. The molecule has 0 saturated carbocycles. The lowest BCUT2D eigenvalue weighted by atomic mass is 10.3. The van der Waals surface area contributed by atoms with E-state index in [9.17, 15) is 0 Å². The van der Waals surface area contributed by atoms with Gasteiger partial charge in [-0.2, -0.15) is 5.10 Å². The van der Waals surface area contributed by atoms with Gasteiger partial charge >= 0.3 is 0 Å². The highest BCUT2D eigenvalue weighted by Gasteiger charge is 2.13. The molecule has 0 aliphatic carbocycles. The second-order valence-corrected chi connectivity index (χ2v) is 3.59.